The SMILES string of the molecule is CCCCCCCCCCCCOC(=O)Nc1ccc(OC(=O)C2CCCC2=O)cc1. The minimum atomic E-state index is -0.640. The van der Waals surface area contributed by atoms with E-state index in [1.807, 2.05) is 0 Å². The number of nitrogens with one attached hydrogen (secondary N) is 1. The van der Waals surface area contributed by atoms with Crippen molar-refractivity contribution in [3.63, 3.8) is 0 Å². The maximum atomic E-state index is 12.0. The van der Waals surface area contributed by atoms with Crippen LogP contribution in [0.5, 0.6) is 5.75 Å². The van der Waals surface area contributed by atoms with Gasteiger partial charge >= 0.3 is 12.1 Å². The van der Waals surface area contributed by atoms with Crippen molar-refractivity contribution in [2.45, 2.75) is 90.4 Å². The summed E-state index contributed by atoms with van der Waals surface area (Å²) in [5, 5.41) is 2.66. The second kappa shape index (κ2) is 14.6. The highest BCUT2D eigenvalue weighted by Gasteiger charge is 2.32. The highest BCUT2D eigenvalue weighted by molar-refractivity contribution is 6.01. The van der Waals surface area contributed by atoms with Crippen LogP contribution in [-0.4, -0.2) is 24.5 Å². The predicted octanol–water partition coefficient (Wildman–Crippen LogP) is 6.43. The molecular formula is C25H37NO5. The van der Waals surface area contributed by atoms with E-state index in [0.29, 0.717) is 30.9 Å². The third kappa shape index (κ3) is 9.99. The largest absolute Gasteiger partial charge is 0.449 e. The molecule has 0 aliphatic heterocycles. The van der Waals surface area contributed by atoms with E-state index in [0.717, 1.165) is 19.3 Å². The Morgan fingerprint density at radius 2 is 1.55 bits per heavy atom. The van der Waals surface area contributed by atoms with Gasteiger partial charge in [0, 0.05) is 12.1 Å². The van der Waals surface area contributed by atoms with Crippen LogP contribution >= 0.6 is 0 Å². The topological polar surface area (TPSA) is 81.7 Å². The van der Waals surface area contributed by atoms with Crippen molar-refractivity contribution in [3.05, 3.63) is 24.3 Å². The molecule has 31 heavy (non-hydrogen) atoms. The molecule has 1 atom stereocenters. The number of ether oxygens (including phenoxy) is 2. The highest BCUT2D eigenvalue weighted by atomic mass is 16.5. The molecule has 1 aromatic rings. The lowest BCUT2D eigenvalue weighted by Gasteiger charge is -2.10. The van der Waals surface area contributed by atoms with Crippen LogP contribution in [0.1, 0.15) is 90.4 Å². The fourth-order valence-corrected chi connectivity index (χ4v) is 3.77. The minimum Gasteiger partial charge on any atom is -0.449 e. The minimum absolute atomic E-state index is 0.0477. The van der Waals surface area contributed by atoms with E-state index in [1.165, 1.54) is 51.4 Å². The molecule has 2 rings (SSSR count). The van der Waals surface area contributed by atoms with Gasteiger partial charge in [-0.1, -0.05) is 64.7 Å². The van der Waals surface area contributed by atoms with Gasteiger partial charge in [0.1, 0.15) is 17.5 Å². The monoisotopic (exact) mass is 431 g/mol. The highest BCUT2D eigenvalue weighted by Crippen LogP contribution is 2.24. The quantitative estimate of drug-likeness (QED) is 0.159. The zero-order valence-electron chi connectivity index (χ0n) is 18.8. The normalized spacial score (nSPS) is 15.6. The van der Waals surface area contributed by atoms with E-state index in [9.17, 15) is 14.4 Å². The number of hydrogen-bond acceptors (Lipinski definition) is 5. The standard InChI is InChI=1S/C25H37NO5/c1-2-3-4-5-6-7-8-9-10-11-19-30-25(29)26-20-15-17-21(18-16-20)31-24(28)22-13-12-14-23(22)27/h15-18,22H,2-14,19H2,1H3,(H,26,29). The molecular weight excluding hydrogens is 394 g/mol. The Labute approximate surface area is 186 Å². The van der Waals surface area contributed by atoms with Gasteiger partial charge in [-0.25, -0.2) is 4.79 Å². The van der Waals surface area contributed by atoms with Crippen molar-refractivity contribution in [1.29, 1.82) is 0 Å². The predicted molar refractivity (Wildman–Crippen MR) is 121 cm³/mol. The van der Waals surface area contributed by atoms with Gasteiger partial charge in [0.15, 0.2) is 0 Å². The number of hydrogen-bond donors (Lipinski definition) is 1. The summed E-state index contributed by atoms with van der Waals surface area (Å²) in [6, 6.07) is 6.46. The third-order valence-electron chi connectivity index (χ3n) is 5.64. The lowest BCUT2D eigenvalue weighted by Crippen LogP contribution is -2.23. The molecule has 0 aromatic heterocycles. The molecule has 1 saturated carbocycles. The van der Waals surface area contributed by atoms with Crippen LogP contribution in [0.25, 0.3) is 0 Å². The van der Waals surface area contributed by atoms with Crippen LogP contribution in [0.3, 0.4) is 0 Å². The molecule has 1 unspecified atom stereocenters. The number of rotatable bonds is 14. The first kappa shape index (κ1) is 24.9. The lowest BCUT2D eigenvalue weighted by molar-refractivity contribution is -0.142. The van der Waals surface area contributed by atoms with Crippen LogP contribution < -0.4 is 10.1 Å². The van der Waals surface area contributed by atoms with Crippen molar-refractivity contribution in [2.24, 2.45) is 5.92 Å². The van der Waals surface area contributed by atoms with Crippen molar-refractivity contribution in [2.75, 3.05) is 11.9 Å². The summed E-state index contributed by atoms with van der Waals surface area (Å²) < 4.78 is 10.5. The first-order valence-corrected chi connectivity index (χ1v) is 11.9. The van der Waals surface area contributed by atoms with E-state index in [1.54, 1.807) is 24.3 Å². The van der Waals surface area contributed by atoms with Gasteiger partial charge in [0.25, 0.3) is 0 Å². The van der Waals surface area contributed by atoms with E-state index in [4.69, 9.17) is 9.47 Å². The Bertz CT molecular complexity index is 686. The number of carbonyl (C=O) groups excluding carboxylic acids is 3. The summed E-state index contributed by atoms with van der Waals surface area (Å²) in [5.41, 5.74) is 0.560. The van der Waals surface area contributed by atoms with Gasteiger partial charge in [-0.2, -0.15) is 0 Å². The molecule has 0 saturated heterocycles. The van der Waals surface area contributed by atoms with Crippen LogP contribution in [0, 0.1) is 5.92 Å². The Morgan fingerprint density at radius 1 is 0.935 bits per heavy atom. The molecule has 1 N–H and O–H groups in total. The molecule has 0 spiro atoms. The molecule has 1 amide bonds. The molecule has 1 fully saturated rings. The number of carbonyl (C=O) groups is 3. The zero-order chi connectivity index (χ0) is 22.3. The average molecular weight is 432 g/mol. The molecule has 1 aliphatic carbocycles. The molecule has 6 nitrogen and oxygen atoms in total. The smallest absolute Gasteiger partial charge is 0.411 e. The molecule has 0 bridgehead atoms. The van der Waals surface area contributed by atoms with E-state index in [2.05, 4.69) is 12.2 Å². The maximum absolute atomic E-state index is 12.0. The van der Waals surface area contributed by atoms with Crippen molar-refractivity contribution < 1.29 is 23.9 Å². The number of amides is 1. The Morgan fingerprint density at radius 3 is 2.13 bits per heavy atom. The summed E-state index contributed by atoms with van der Waals surface area (Å²) in [6.07, 6.45) is 13.6. The van der Waals surface area contributed by atoms with E-state index < -0.39 is 18.0 Å². The molecule has 0 radical (unpaired) electrons. The van der Waals surface area contributed by atoms with Gasteiger partial charge < -0.3 is 9.47 Å². The van der Waals surface area contributed by atoms with Crippen LogP contribution in [-0.2, 0) is 14.3 Å². The van der Waals surface area contributed by atoms with Crippen LogP contribution in [0.2, 0.25) is 0 Å². The molecule has 1 aliphatic rings. The second-order valence-electron chi connectivity index (χ2n) is 8.30. The second-order valence-corrected chi connectivity index (χ2v) is 8.30. The molecule has 1 aromatic carbocycles. The maximum Gasteiger partial charge on any atom is 0.411 e. The Hall–Kier alpha value is -2.37. The number of ketones is 1. The fourth-order valence-electron chi connectivity index (χ4n) is 3.77. The summed E-state index contributed by atoms with van der Waals surface area (Å²) in [5.74, 6) is -0.833. The summed E-state index contributed by atoms with van der Waals surface area (Å²) in [7, 11) is 0. The van der Waals surface area contributed by atoms with E-state index >= 15 is 0 Å². The fraction of sp³-hybridized carbons (Fsp3) is 0.640. The van der Waals surface area contributed by atoms with Gasteiger partial charge in [0.2, 0.25) is 0 Å². The van der Waals surface area contributed by atoms with E-state index in [-0.39, 0.29) is 5.78 Å². The first-order chi connectivity index (χ1) is 15.1. The Kier molecular flexibility index (Phi) is 11.7. The van der Waals surface area contributed by atoms with Crippen molar-refractivity contribution in [1.82, 2.24) is 0 Å². The van der Waals surface area contributed by atoms with Gasteiger partial charge in [-0.15, -0.1) is 0 Å². The van der Waals surface area contributed by atoms with Gasteiger partial charge in [-0.05, 0) is 43.5 Å². The number of benzene rings is 1. The first-order valence-electron chi connectivity index (χ1n) is 11.9. The van der Waals surface area contributed by atoms with Gasteiger partial charge in [-0.3, -0.25) is 14.9 Å². The number of unbranched alkanes of at least 4 members (excludes halogenated alkanes) is 9. The summed E-state index contributed by atoms with van der Waals surface area (Å²) >= 11 is 0. The van der Waals surface area contributed by atoms with Crippen LogP contribution in [0.4, 0.5) is 10.5 Å². The summed E-state index contributed by atoms with van der Waals surface area (Å²) in [4.78, 5) is 35.6. The van der Waals surface area contributed by atoms with Gasteiger partial charge in [0.05, 0.1) is 6.61 Å². The number of anilines is 1. The number of Topliss-reactive ketones (excluding diaryl/α,β-unsaturated/α-hetero) is 1. The zero-order valence-corrected chi connectivity index (χ0v) is 18.8. The van der Waals surface area contributed by atoms with Crippen LogP contribution in [0.15, 0.2) is 24.3 Å². The molecule has 0 heterocycles. The van der Waals surface area contributed by atoms with Crippen molar-refractivity contribution in [3.8, 4) is 5.75 Å². The molecule has 172 valence electrons. The third-order valence-corrected chi connectivity index (χ3v) is 5.64. The average Bonchev–Trinajstić information content (AvgIpc) is 3.19. The van der Waals surface area contributed by atoms with Crippen molar-refractivity contribution >= 4 is 23.5 Å². The Balaban J connectivity index is 1.53. The lowest BCUT2D eigenvalue weighted by atomic mass is 10.1. The molecule has 6 heteroatoms. The number of esters is 1. The summed E-state index contributed by atoms with van der Waals surface area (Å²) in [6.45, 7) is 2.65.